The SMILES string of the molecule is Cc1cnc(CN2CC[C@@](O)(c3ccccc3)[C@H]3CCCC[C@H]32)[nH]1. The summed E-state index contributed by atoms with van der Waals surface area (Å²) in [5, 5.41) is 11.6. The van der Waals surface area contributed by atoms with Gasteiger partial charge in [-0.1, -0.05) is 43.2 Å². The first-order chi connectivity index (χ1) is 11.7. The highest BCUT2D eigenvalue weighted by Crippen LogP contribution is 2.47. The van der Waals surface area contributed by atoms with Crippen molar-refractivity contribution < 1.29 is 5.11 Å². The summed E-state index contributed by atoms with van der Waals surface area (Å²) in [5.41, 5.74) is 1.53. The number of aromatic nitrogens is 2. The van der Waals surface area contributed by atoms with Crippen LogP contribution in [0.3, 0.4) is 0 Å². The normalized spacial score (nSPS) is 30.9. The summed E-state index contributed by atoms with van der Waals surface area (Å²) < 4.78 is 0. The molecule has 2 heterocycles. The number of piperidine rings is 1. The molecule has 2 N–H and O–H groups in total. The van der Waals surface area contributed by atoms with Crippen LogP contribution in [0.2, 0.25) is 0 Å². The number of likely N-dealkylation sites (tertiary alicyclic amines) is 1. The standard InChI is InChI=1S/C20H27N3O/c1-15-13-21-19(22-15)14-23-12-11-20(24,16-7-3-2-4-8-16)17-9-5-6-10-18(17)23/h2-4,7-8,13,17-18,24H,5-6,9-12,14H2,1H3,(H,21,22)/t17-,18+,20+/m0/s1. The van der Waals surface area contributed by atoms with Crippen LogP contribution in [0, 0.1) is 12.8 Å². The number of rotatable bonds is 3. The van der Waals surface area contributed by atoms with Gasteiger partial charge in [0.15, 0.2) is 0 Å². The van der Waals surface area contributed by atoms with Crippen molar-refractivity contribution in [1.82, 2.24) is 14.9 Å². The second-order valence-corrected chi connectivity index (χ2v) is 7.48. The third kappa shape index (κ3) is 2.78. The van der Waals surface area contributed by atoms with Crippen LogP contribution in [0.25, 0.3) is 0 Å². The van der Waals surface area contributed by atoms with Crippen LogP contribution in [-0.2, 0) is 12.1 Å². The van der Waals surface area contributed by atoms with Gasteiger partial charge in [0, 0.05) is 30.4 Å². The van der Waals surface area contributed by atoms with Crippen molar-refractivity contribution in [2.24, 2.45) is 5.92 Å². The second kappa shape index (κ2) is 6.34. The Labute approximate surface area is 143 Å². The molecule has 4 rings (SSSR count). The van der Waals surface area contributed by atoms with Gasteiger partial charge in [0.25, 0.3) is 0 Å². The molecule has 2 fully saturated rings. The van der Waals surface area contributed by atoms with E-state index in [4.69, 9.17) is 0 Å². The smallest absolute Gasteiger partial charge is 0.120 e. The van der Waals surface area contributed by atoms with Crippen molar-refractivity contribution in [3.63, 3.8) is 0 Å². The Balaban J connectivity index is 1.60. The number of hydrogen-bond donors (Lipinski definition) is 2. The Bertz CT molecular complexity index is 683. The molecule has 3 atom stereocenters. The molecular formula is C20H27N3O. The summed E-state index contributed by atoms with van der Waals surface area (Å²) in [6.07, 6.45) is 7.49. The van der Waals surface area contributed by atoms with Gasteiger partial charge in [-0.2, -0.15) is 0 Å². The molecule has 1 saturated carbocycles. The first-order valence-corrected chi connectivity index (χ1v) is 9.19. The number of aryl methyl sites for hydroxylation is 1. The molecule has 0 spiro atoms. The highest BCUT2D eigenvalue weighted by atomic mass is 16.3. The summed E-state index contributed by atoms with van der Waals surface area (Å²) in [6.45, 7) is 3.83. The average molecular weight is 325 g/mol. The summed E-state index contributed by atoms with van der Waals surface area (Å²) in [7, 11) is 0. The first-order valence-electron chi connectivity index (χ1n) is 9.19. The van der Waals surface area contributed by atoms with Crippen molar-refractivity contribution in [3.8, 4) is 0 Å². The minimum atomic E-state index is -0.679. The number of hydrogen-bond acceptors (Lipinski definition) is 3. The molecule has 0 radical (unpaired) electrons. The van der Waals surface area contributed by atoms with E-state index in [1.807, 2.05) is 31.3 Å². The van der Waals surface area contributed by atoms with E-state index in [-0.39, 0.29) is 0 Å². The fourth-order valence-electron chi connectivity index (χ4n) is 4.79. The zero-order valence-corrected chi connectivity index (χ0v) is 14.4. The maximum atomic E-state index is 11.6. The van der Waals surface area contributed by atoms with Crippen molar-refractivity contribution >= 4 is 0 Å². The van der Waals surface area contributed by atoms with Crippen molar-refractivity contribution in [2.45, 2.75) is 57.2 Å². The van der Waals surface area contributed by atoms with Crippen LogP contribution in [-0.4, -0.2) is 32.6 Å². The number of imidazole rings is 1. The van der Waals surface area contributed by atoms with E-state index in [9.17, 15) is 5.11 Å². The number of fused-ring (bicyclic) bond motifs is 1. The summed E-state index contributed by atoms with van der Waals surface area (Å²) in [4.78, 5) is 10.4. The van der Waals surface area contributed by atoms with Gasteiger partial charge in [-0.25, -0.2) is 4.98 Å². The molecule has 1 aliphatic carbocycles. The molecule has 128 valence electrons. The Morgan fingerprint density at radius 2 is 2.04 bits per heavy atom. The molecule has 1 aromatic carbocycles. The van der Waals surface area contributed by atoms with E-state index in [2.05, 4.69) is 27.0 Å². The molecule has 2 aromatic rings. The monoisotopic (exact) mass is 325 g/mol. The molecule has 0 bridgehead atoms. The zero-order chi connectivity index (χ0) is 16.6. The molecule has 4 nitrogen and oxygen atoms in total. The van der Waals surface area contributed by atoms with E-state index >= 15 is 0 Å². The lowest BCUT2D eigenvalue weighted by Crippen LogP contribution is -2.57. The maximum absolute atomic E-state index is 11.6. The van der Waals surface area contributed by atoms with Gasteiger partial charge in [0.2, 0.25) is 0 Å². The minimum absolute atomic E-state index is 0.318. The number of H-pyrrole nitrogens is 1. The van der Waals surface area contributed by atoms with Crippen molar-refractivity contribution in [1.29, 1.82) is 0 Å². The van der Waals surface area contributed by atoms with Crippen LogP contribution in [0.5, 0.6) is 0 Å². The van der Waals surface area contributed by atoms with Crippen LogP contribution in [0.4, 0.5) is 0 Å². The fraction of sp³-hybridized carbons (Fsp3) is 0.550. The molecule has 24 heavy (non-hydrogen) atoms. The molecule has 4 heteroatoms. The largest absolute Gasteiger partial charge is 0.385 e. The van der Waals surface area contributed by atoms with Gasteiger partial charge in [0.05, 0.1) is 12.1 Å². The lowest BCUT2D eigenvalue weighted by Gasteiger charge is -2.52. The zero-order valence-electron chi connectivity index (χ0n) is 14.4. The molecule has 1 saturated heterocycles. The maximum Gasteiger partial charge on any atom is 0.120 e. The first kappa shape index (κ1) is 15.9. The molecule has 1 aliphatic heterocycles. The number of aliphatic hydroxyl groups is 1. The van der Waals surface area contributed by atoms with E-state index in [1.165, 1.54) is 19.3 Å². The molecule has 1 aromatic heterocycles. The number of nitrogens with one attached hydrogen (secondary N) is 1. The van der Waals surface area contributed by atoms with Gasteiger partial charge in [-0.15, -0.1) is 0 Å². The van der Waals surface area contributed by atoms with E-state index in [0.29, 0.717) is 12.0 Å². The van der Waals surface area contributed by atoms with E-state index < -0.39 is 5.60 Å². The fourth-order valence-corrected chi connectivity index (χ4v) is 4.79. The minimum Gasteiger partial charge on any atom is -0.385 e. The van der Waals surface area contributed by atoms with E-state index in [1.54, 1.807) is 0 Å². The molecular weight excluding hydrogens is 298 g/mol. The predicted octanol–water partition coefficient (Wildman–Crippen LogP) is 3.37. The molecule has 0 unspecified atom stereocenters. The number of benzene rings is 1. The lowest BCUT2D eigenvalue weighted by atomic mass is 9.66. The highest BCUT2D eigenvalue weighted by molar-refractivity contribution is 5.25. The summed E-state index contributed by atoms with van der Waals surface area (Å²) in [6, 6.07) is 10.8. The Morgan fingerprint density at radius 3 is 2.79 bits per heavy atom. The number of aromatic amines is 1. The Kier molecular flexibility index (Phi) is 4.19. The van der Waals surface area contributed by atoms with Gasteiger partial charge in [-0.3, -0.25) is 4.90 Å². The van der Waals surface area contributed by atoms with Crippen LogP contribution < -0.4 is 0 Å². The van der Waals surface area contributed by atoms with Gasteiger partial charge < -0.3 is 10.1 Å². The third-order valence-corrected chi connectivity index (χ3v) is 5.97. The predicted molar refractivity (Wildman–Crippen MR) is 94.4 cm³/mol. The van der Waals surface area contributed by atoms with Crippen LogP contribution >= 0.6 is 0 Å². The third-order valence-electron chi connectivity index (χ3n) is 5.97. The average Bonchev–Trinajstić information content (AvgIpc) is 3.03. The van der Waals surface area contributed by atoms with Gasteiger partial charge in [-0.05, 0) is 31.7 Å². The molecule has 0 amide bonds. The van der Waals surface area contributed by atoms with Crippen molar-refractivity contribution in [2.75, 3.05) is 6.54 Å². The second-order valence-electron chi connectivity index (χ2n) is 7.48. The molecule has 2 aliphatic rings. The number of nitrogens with zero attached hydrogens (tertiary/aromatic N) is 2. The topological polar surface area (TPSA) is 52.1 Å². The van der Waals surface area contributed by atoms with Gasteiger partial charge >= 0.3 is 0 Å². The van der Waals surface area contributed by atoms with E-state index in [0.717, 1.165) is 43.0 Å². The van der Waals surface area contributed by atoms with Gasteiger partial charge in [0.1, 0.15) is 5.82 Å². The highest BCUT2D eigenvalue weighted by Gasteiger charge is 2.49. The summed E-state index contributed by atoms with van der Waals surface area (Å²) in [5.74, 6) is 1.36. The van der Waals surface area contributed by atoms with Crippen LogP contribution in [0.15, 0.2) is 36.5 Å². The summed E-state index contributed by atoms with van der Waals surface area (Å²) >= 11 is 0. The Morgan fingerprint density at radius 1 is 1.25 bits per heavy atom. The van der Waals surface area contributed by atoms with Crippen molar-refractivity contribution in [3.05, 3.63) is 53.6 Å². The Hall–Kier alpha value is -1.65. The lowest BCUT2D eigenvalue weighted by molar-refractivity contribution is -0.123. The quantitative estimate of drug-likeness (QED) is 0.910. The van der Waals surface area contributed by atoms with Crippen LogP contribution in [0.1, 0.15) is 49.2 Å².